The molecule has 3 aromatic rings. The van der Waals surface area contributed by atoms with Crippen LogP contribution in [0.15, 0.2) is 77.3 Å². The molecule has 3 aromatic carbocycles. The van der Waals surface area contributed by atoms with Crippen LogP contribution in [0.25, 0.3) is 11.1 Å². The molecule has 31 heavy (non-hydrogen) atoms. The van der Waals surface area contributed by atoms with Gasteiger partial charge in [0.1, 0.15) is 12.6 Å². The van der Waals surface area contributed by atoms with Crippen LogP contribution >= 0.6 is 15.9 Å². The number of amides is 1. The minimum atomic E-state index is -1.07. The van der Waals surface area contributed by atoms with E-state index >= 15 is 0 Å². The van der Waals surface area contributed by atoms with Gasteiger partial charge in [-0.25, -0.2) is 9.59 Å². The van der Waals surface area contributed by atoms with Crippen LogP contribution in [0.3, 0.4) is 0 Å². The number of aliphatic carboxylic acids is 1. The van der Waals surface area contributed by atoms with Crippen molar-refractivity contribution in [3.05, 3.63) is 94.0 Å². The van der Waals surface area contributed by atoms with Crippen LogP contribution in [0.2, 0.25) is 0 Å². The predicted molar refractivity (Wildman–Crippen MR) is 122 cm³/mol. The van der Waals surface area contributed by atoms with Gasteiger partial charge in [-0.1, -0.05) is 76.6 Å². The Balaban J connectivity index is 1.48. The molecule has 0 heterocycles. The van der Waals surface area contributed by atoms with Gasteiger partial charge in [-0.05, 0) is 39.9 Å². The molecule has 0 saturated carbocycles. The maximum atomic E-state index is 12.8. The third-order valence-electron chi connectivity index (χ3n) is 5.69. The third kappa shape index (κ3) is 4.35. The van der Waals surface area contributed by atoms with Crippen LogP contribution in [-0.2, 0) is 16.0 Å². The lowest BCUT2D eigenvalue weighted by Gasteiger charge is -2.25. The second kappa shape index (κ2) is 8.94. The number of benzene rings is 3. The molecule has 1 N–H and O–H groups in total. The lowest BCUT2D eigenvalue weighted by molar-refractivity contribution is -0.142. The maximum absolute atomic E-state index is 12.8. The summed E-state index contributed by atoms with van der Waals surface area (Å²) in [5.41, 5.74) is 5.34. The monoisotopic (exact) mass is 479 g/mol. The summed E-state index contributed by atoms with van der Waals surface area (Å²) in [6.45, 7) is 0.153. The molecule has 6 heteroatoms. The van der Waals surface area contributed by atoms with E-state index in [1.54, 1.807) is 0 Å². The molecule has 5 nitrogen and oxygen atoms in total. The molecule has 0 spiro atoms. The van der Waals surface area contributed by atoms with Crippen molar-refractivity contribution < 1.29 is 19.4 Å². The van der Waals surface area contributed by atoms with Gasteiger partial charge in [-0.3, -0.25) is 4.90 Å². The van der Waals surface area contributed by atoms with E-state index in [0.717, 1.165) is 37.2 Å². The molecule has 1 atom stereocenters. The van der Waals surface area contributed by atoms with E-state index in [-0.39, 0.29) is 18.9 Å². The van der Waals surface area contributed by atoms with Gasteiger partial charge in [-0.2, -0.15) is 0 Å². The van der Waals surface area contributed by atoms with Gasteiger partial charge < -0.3 is 9.84 Å². The number of carbonyl (C=O) groups is 2. The van der Waals surface area contributed by atoms with Crippen LogP contribution in [-0.4, -0.2) is 41.8 Å². The van der Waals surface area contributed by atoms with Crippen LogP contribution in [0, 0.1) is 0 Å². The van der Waals surface area contributed by atoms with Crippen LogP contribution in [0.5, 0.6) is 0 Å². The number of likely N-dealkylation sites (N-methyl/N-ethyl adjacent to an activating group) is 1. The Bertz CT molecular complexity index is 1080. The number of carbonyl (C=O) groups excluding carboxylic acids is 1. The van der Waals surface area contributed by atoms with Crippen molar-refractivity contribution >= 4 is 28.0 Å². The zero-order valence-corrected chi connectivity index (χ0v) is 18.6. The molecule has 0 aromatic heterocycles. The number of nitrogens with zero attached hydrogens (tertiary/aromatic N) is 1. The Hall–Kier alpha value is -3.12. The molecule has 4 rings (SSSR count). The minimum Gasteiger partial charge on any atom is -0.480 e. The fraction of sp³-hybridized carbons (Fsp3) is 0.200. The first-order valence-electron chi connectivity index (χ1n) is 10.0. The van der Waals surface area contributed by atoms with Crippen LogP contribution in [0.4, 0.5) is 4.79 Å². The Morgan fingerprint density at radius 1 is 1.00 bits per heavy atom. The lowest BCUT2D eigenvalue weighted by Crippen LogP contribution is -2.44. The van der Waals surface area contributed by atoms with E-state index in [0.29, 0.717) is 0 Å². The normalized spacial score (nSPS) is 13.2. The molecule has 1 amide bonds. The summed E-state index contributed by atoms with van der Waals surface area (Å²) in [7, 11) is 1.47. The number of ether oxygens (including phenoxy) is 1. The summed E-state index contributed by atoms with van der Waals surface area (Å²) in [5.74, 6) is -1.14. The summed E-state index contributed by atoms with van der Waals surface area (Å²) in [6, 6.07) is 22.6. The molecule has 158 valence electrons. The van der Waals surface area contributed by atoms with E-state index in [9.17, 15) is 14.7 Å². The standard InChI is InChI=1S/C25H22BrNO4/c1-27(23(24(28)29)14-16-7-6-8-17(26)13-16)25(30)31-15-22-20-11-4-2-9-18(20)19-10-3-5-12-21(19)22/h2-13,22-23H,14-15H2,1H3,(H,28,29). The Morgan fingerprint density at radius 3 is 2.19 bits per heavy atom. The van der Waals surface area contributed by atoms with Crippen LogP contribution < -0.4 is 0 Å². The highest BCUT2D eigenvalue weighted by atomic mass is 79.9. The highest BCUT2D eigenvalue weighted by Gasteiger charge is 2.32. The van der Waals surface area contributed by atoms with Crippen molar-refractivity contribution in [2.75, 3.05) is 13.7 Å². The first-order chi connectivity index (χ1) is 15.0. The Kier molecular flexibility index (Phi) is 6.09. The zero-order valence-electron chi connectivity index (χ0n) is 17.0. The van der Waals surface area contributed by atoms with Crippen molar-refractivity contribution in [2.24, 2.45) is 0 Å². The molecule has 0 radical (unpaired) electrons. The molecule has 0 aliphatic heterocycles. The smallest absolute Gasteiger partial charge is 0.410 e. The summed E-state index contributed by atoms with van der Waals surface area (Å²) < 4.78 is 6.47. The average Bonchev–Trinajstić information content (AvgIpc) is 3.09. The van der Waals surface area contributed by atoms with E-state index in [1.165, 1.54) is 7.05 Å². The predicted octanol–water partition coefficient (Wildman–Crippen LogP) is 5.33. The highest BCUT2D eigenvalue weighted by Crippen LogP contribution is 2.44. The number of carboxylic acids is 1. The minimum absolute atomic E-state index is 0.0712. The molecule has 1 aliphatic carbocycles. The Labute approximate surface area is 189 Å². The van der Waals surface area contributed by atoms with Crippen molar-refractivity contribution in [3.8, 4) is 11.1 Å². The second-order valence-electron chi connectivity index (χ2n) is 7.60. The fourth-order valence-corrected chi connectivity index (χ4v) is 4.55. The fourth-order valence-electron chi connectivity index (χ4n) is 4.10. The quantitative estimate of drug-likeness (QED) is 0.518. The Morgan fingerprint density at radius 2 is 1.61 bits per heavy atom. The topological polar surface area (TPSA) is 66.8 Å². The molecule has 0 fully saturated rings. The average molecular weight is 480 g/mol. The maximum Gasteiger partial charge on any atom is 0.410 e. The van der Waals surface area contributed by atoms with E-state index in [4.69, 9.17) is 4.74 Å². The van der Waals surface area contributed by atoms with Crippen molar-refractivity contribution in [2.45, 2.75) is 18.4 Å². The molecule has 0 bridgehead atoms. The van der Waals surface area contributed by atoms with Gasteiger partial charge in [0.15, 0.2) is 0 Å². The van der Waals surface area contributed by atoms with E-state index in [1.807, 2.05) is 60.7 Å². The van der Waals surface area contributed by atoms with E-state index in [2.05, 4.69) is 28.1 Å². The number of hydrogen-bond donors (Lipinski definition) is 1. The van der Waals surface area contributed by atoms with Crippen molar-refractivity contribution in [1.29, 1.82) is 0 Å². The summed E-state index contributed by atoms with van der Waals surface area (Å²) in [5, 5.41) is 9.70. The number of fused-ring (bicyclic) bond motifs is 3. The second-order valence-corrected chi connectivity index (χ2v) is 8.52. The van der Waals surface area contributed by atoms with Gasteiger partial charge >= 0.3 is 12.1 Å². The molecule has 1 aliphatic rings. The highest BCUT2D eigenvalue weighted by molar-refractivity contribution is 9.10. The SMILES string of the molecule is CN(C(=O)OCC1c2ccccc2-c2ccccc21)C(Cc1cccc(Br)c1)C(=O)O. The number of halogens is 1. The first-order valence-corrected chi connectivity index (χ1v) is 10.8. The van der Waals surface area contributed by atoms with Gasteiger partial charge in [-0.15, -0.1) is 0 Å². The summed E-state index contributed by atoms with van der Waals surface area (Å²) in [4.78, 5) is 25.8. The molecule has 0 saturated heterocycles. The van der Waals surface area contributed by atoms with Gasteiger partial charge in [0.25, 0.3) is 0 Å². The van der Waals surface area contributed by atoms with Crippen molar-refractivity contribution in [1.82, 2.24) is 4.90 Å². The zero-order chi connectivity index (χ0) is 22.0. The van der Waals surface area contributed by atoms with Gasteiger partial charge in [0.05, 0.1) is 0 Å². The lowest BCUT2D eigenvalue weighted by atomic mass is 9.98. The summed E-state index contributed by atoms with van der Waals surface area (Å²) in [6.07, 6.45) is -0.459. The molecular weight excluding hydrogens is 458 g/mol. The first kappa shape index (κ1) is 21.1. The van der Waals surface area contributed by atoms with E-state index < -0.39 is 18.1 Å². The van der Waals surface area contributed by atoms with Gasteiger partial charge in [0.2, 0.25) is 0 Å². The van der Waals surface area contributed by atoms with Crippen LogP contribution in [0.1, 0.15) is 22.6 Å². The third-order valence-corrected chi connectivity index (χ3v) is 6.19. The largest absolute Gasteiger partial charge is 0.480 e. The van der Waals surface area contributed by atoms with Gasteiger partial charge in [0, 0.05) is 23.9 Å². The molecular formula is C25H22BrNO4. The number of hydrogen-bond acceptors (Lipinski definition) is 3. The molecule has 1 unspecified atom stereocenters. The van der Waals surface area contributed by atoms with Crippen molar-refractivity contribution in [3.63, 3.8) is 0 Å². The summed E-state index contributed by atoms with van der Waals surface area (Å²) >= 11 is 3.39. The number of rotatable bonds is 6. The number of carboxylic acid groups (broad SMARTS) is 1.